The molecule has 0 radical (unpaired) electrons. The van der Waals surface area contributed by atoms with Crippen LogP contribution in [0, 0.1) is 6.92 Å². The average Bonchev–Trinajstić information content (AvgIpc) is 3.36. The molecule has 1 aromatic carbocycles. The Kier molecular flexibility index (Phi) is 5.62. The summed E-state index contributed by atoms with van der Waals surface area (Å²) in [4.78, 5) is 26.1. The molecule has 0 aliphatic carbocycles. The van der Waals surface area contributed by atoms with Crippen molar-refractivity contribution in [2.75, 3.05) is 26.2 Å². The molecule has 4 aromatic rings. The molecule has 1 aliphatic heterocycles. The van der Waals surface area contributed by atoms with Crippen LogP contribution in [0.5, 0.6) is 0 Å². The fourth-order valence-corrected chi connectivity index (χ4v) is 4.98. The van der Waals surface area contributed by atoms with E-state index in [-0.39, 0.29) is 5.56 Å². The van der Waals surface area contributed by atoms with E-state index in [1.807, 2.05) is 43.3 Å². The Morgan fingerprint density at radius 2 is 1.81 bits per heavy atom. The molecule has 1 aliphatic rings. The summed E-state index contributed by atoms with van der Waals surface area (Å²) in [5.41, 5.74) is 2.67. The number of aryl methyl sites for hydroxylation is 1. The maximum Gasteiger partial charge on any atom is 0.268 e. The van der Waals surface area contributed by atoms with E-state index in [4.69, 9.17) is 21.1 Å². The Labute approximate surface area is 188 Å². The van der Waals surface area contributed by atoms with Gasteiger partial charge in [-0.1, -0.05) is 28.9 Å². The first-order valence-corrected chi connectivity index (χ1v) is 11.4. The lowest BCUT2D eigenvalue weighted by Crippen LogP contribution is -2.45. The minimum Gasteiger partial charge on any atom is -0.361 e. The standard InChI is InChI=1S/C22H22ClN5O2S/c1-14-10-17(26-30-14)12-27-6-8-28(9-7-27)13-20-24-18-11-19(31-21(18)22(29)25-20)15-2-4-16(23)5-3-15/h2-5,10-11H,6-9,12-13H2,1H3,(H,24,25,29). The predicted molar refractivity (Wildman–Crippen MR) is 122 cm³/mol. The molecule has 31 heavy (non-hydrogen) atoms. The molecule has 5 rings (SSSR count). The monoisotopic (exact) mass is 455 g/mol. The minimum absolute atomic E-state index is 0.0785. The normalized spacial score (nSPS) is 15.7. The van der Waals surface area contributed by atoms with Gasteiger partial charge in [0.1, 0.15) is 16.3 Å². The third-order valence-corrected chi connectivity index (χ3v) is 6.89. The summed E-state index contributed by atoms with van der Waals surface area (Å²) in [6.07, 6.45) is 0. The Balaban J connectivity index is 1.26. The summed E-state index contributed by atoms with van der Waals surface area (Å²) in [6, 6.07) is 11.6. The fraction of sp³-hybridized carbons (Fsp3) is 0.318. The fourth-order valence-electron chi connectivity index (χ4n) is 3.86. The minimum atomic E-state index is -0.0785. The van der Waals surface area contributed by atoms with Crippen molar-refractivity contribution in [3.05, 3.63) is 69.1 Å². The van der Waals surface area contributed by atoms with Gasteiger partial charge in [-0.15, -0.1) is 11.3 Å². The summed E-state index contributed by atoms with van der Waals surface area (Å²) < 4.78 is 5.81. The number of aromatic nitrogens is 3. The summed E-state index contributed by atoms with van der Waals surface area (Å²) >= 11 is 7.45. The van der Waals surface area contributed by atoms with E-state index < -0.39 is 0 Å². The van der Waals surface area contributed by atoms with Crippen molar-refractivity contribution >= 4 is 33.2 Å². The van der Waals surface area contributed by atoms with Crippen molar-refractivity contribution in [2.45, 2.75) is 20.0 Å². The first-order valence-electron chi connectivity index (χ1n) is 10.2. The second-order valence-electron chi connectivity index (χ2n) is 7.83. The lowest BCUT2D eigenvalue weighted by atomic mass is 10.2. The summed E-state index contributed by atoms with van der Waals surface area (Å²) in [5, 5.41) is 4.77. The highest BCUT2D eigenvalue weighted by Crippen LogP contribution is 2.31. The number of nitrogens with one attached hydrogen (secondary N) is 1. The number of hydrogen-bond acceptors (Lipinski definition) is 7. The van der Waals surface area contributed by atoms with Crippen molar-refractivity contribution in [3.63, 3.8) is 0 Å². The first-order chi connectivity index (χ1) is 15.0. The van der Waals surface area contributed by atoms with Gasteiger partial charge < -0.3 is 9.51 Å². The van der Waals surface area contributed by atoms with E-state index in [0.717, 1.165) is 60.1 Å². The number of H-pyrrole nitrogens is 1. The van der Waals surface area contributed by atoms with Crippen LogP contribution in [0.25, 0.3) is 20.7 Å². The van der Waals surface area contributed by atoms with Gasteiger partial charge >= 0.3 is 0 Å². The van der Waals surface area contributed by atoms with Crippen LogP contribution < -0.4 is 5.56 Å². The van der Waals surface area contributed by atoms with Crippen LogP contribution >= 0.6 is 22.9 Å². The summed E-state index contributed by atoms with van der Waals surface area (Å²) in [6.45, 7) is 7.05. The van der Waals surface area contributed by atoms with Crippen LogP contribution in [0.3, 0.4) is 0 Å². The van der Waals surface area contributed by atoms with Gasteiger partial charge in [0.2, 0.25) is 0 Å². The van der Waals surface area contributed by atoms with Crippen LogP contribution in [0.2, 0.25) is 5.02 Å². The highest BCUT2D eigenvalue weighted by Gasteiger charge is 2.19. The molecule has 0 amide bonds. The molecule has 4 heterocycles. The van der Waals surface area contributed by atoms with E-state index in [2.05, 4.69) is 19.9 Å². The van der Waals surface area contributed by atoms with E-state index >= 15 is 0 Å². The number of thiophene rings is 1. The molecule has 0 spiro atoms. The average molecular weight is 456 g/mol. The molecule has 0 unspecified atom stereocenters. The topological polar surface area (TPSA) is 78.3 Å². The Morgan fingerprint density at radius 1 is 1.10 bits per heavy atom. The summed E-state index contributed by atoms with van der Waals surface area (Å²) in [5.74, 6) is 1.55. The lowest BCUT2D eigenvalue weighted by Gasteiger charge is -2.33. The number of piperazine rings is 1. The molecule has 1 N–H and O–H groups in total. The number of halogens is 1. The second-order valence-corrected chi connectivity index (χ2v) is 9.31. The largest absolute Gasteiger partial charge is 0.361 e. The van der Waals surface area contributed by atoms with Gasteiger partial charge in [-0.3, -0.25) is 14.6 Å². The number of rotatable bonds is 5. The van der Waals surface area contributed by atoms with Gasteiger partial charge in [0.25, 0.3) is 5.56 Å². The zero-order valence-electron chi connectivity index (χ0n) is 17.1. The molecular weight excluding hydrogens is 434 g/mol. The maximum atomic E-state index is 12.6. The van der Waals surface area contributed by atoms with Gasteiger partial charge in [0, 0.05) is 48.7 Å². The van der Waals surface area contributed by atoms with E-state index in [0.29, 0.717) is 22.1 Å². The van der Waals surface area contributed by atoms with Crippen LogP contribution in [-0.4, -0.2) is 51.1 Å². The van der Waals surface area contributed by atoms with E-state index in [1.165, 1.54) is 11.3 Å². The number of hydrogen-bond donors (Lipinski definition) is 1. The zero-order chi connectivity index (χ0) is 21.4. The molecule has 1 fully saturated rings. The summed E-state index contributed by atoms with van der Waals surface area (Å²) in [7, 11) is 0. The molecule has 9 heteroatoms. The smallest absolute Gasteiger partial charge is 0.268 e. The molecule has 160 valence electrons. The van der Waals surface area contributed by atoms with Crippen molar-refractivity contribution in [1.82, 2.24) is 24.9 Å². The van der Waals surface area contributed by atoms with Gasteiger partial charge in [-0.25, -0.2) is 4.98 Å². The lowest BCUT2D eigenvalue weighted by molar-refractivity contribution is 0.118. The Hall–Kier alpha value is -2.52. The number of aromatic amines is 1. The van der Waals surface area contributed by atoms with Crippen molar-refractivity contribution < 1.29 is 4.52 Å². The highest BCUT2D eigenvalue weighted by molar-refractivity contribution is 7.22. The maximum absolute atomic E-state index is 12.6. The third kappa shape index (κ3) is 4.57. The number of nitrogens with zero attached hydrogens (tertiary/aromatic N) is 4. The van der Waals surface area contributed by atoms with Crippen molar-refractivity contribution in [3.8, 4) is 10.4 Å². The predicted octanol–water partition coefficient (Wildman–Crippen LogP) is 3.92. The molecule has 3 aromatic heterocycles. The van der Waals surface area contributed by atoms with Crippen LogP contribution in [0.15, 0.2) is 45.7 Å². The van der Waals surface area contributed by atoms with E-state index in [1.54, 1.807) is 0 Å². The van der Waals surface area contributed by atoms with Gasteiger partial charge in [-0.05, 0) is 30.7 Å². The Morgan fingerprint density at radius 3 is 2.48 bits per heavy atom. The van der Waals surface area contributed by atoms with Crippen LogP contribution in [0.1, 0.15) is 17.3 Å². The van der Waals surface area contributed by atoms with E-state index in [9.17, 15) is 4.79 Å². The molecule has 1 saturated heterocycles. The molecule has 0 atom stereocenters. The molecule has 0 bridgehead atoms. The van der Waals surface area contributed by atoms with Crippen LogP contribution in [-0.2, 0) is 13.1 Å². The third-order valence-electron chi connectivity index (χ3n) is 5.46. The van der Waals surface area contributed by atoms with Crippen molar-refractivity contribution in [1.29, 1.82) is 0 Å². The van der Waals surface area contributed by atoms with Gasteiger partial charge in [0.15, 0.2) is 0 Å². The Bertz CT molecular complexity index is 1260. The van der Waals surface area contributed by atoms with Gasteiger partial charge in [-0.2, -0.15) is 0 Å². The highest BCUT2D eigenvalue weighted by atomic mass is 35.5. The van der Waals surface area contributed by atoms with Crippen LogP contribution in [0.4, 0.5) is 0 Å². The quantitative estimate of drug-likeness (QED) is 0.491. The molecule has 0 saturated carbocycles. The first kappa shape index (κ1) is 20.4. The molecule has 7 nitrogen and oxygen atoms in total. The number of benzene rings is 1. The molecular formula is C22H22ClN5O2S. The number of fused-ring (bicyclic) bond motifs is 1. The SMILES string of the molecule is Cc1cc(CN2CCN(Cc3nc4cc(-c5ccc(Cl)cc5)sc4c(=O)[nH]3)CC2)no1. The van der Waals surface area contributed by atoms with Gasteiger partial charge in [0.05, 0.1) is 17.8 Å². The van der Waals surface area contributed by atoms with Crippen molar-refractivity contribution in [2.24, 2.45) is 0 Å². The zero-order valence-corrected chi connectivity index (χ0v) is 18.7. The second kappa shape index (κ2) is 8.55.